The van der Waals surface area contributed by atoms with Crippen LogP contribution in [0.25, 0.3) is 11.1 Å². The molecule has 58 heavy (non-hydrogen) atoms. The van der Waals surface area contributed by atoms with Gasteiger partial charge in [0.2, 0.25) is 0 Å². The standard InChI is InChI=1S/C20H18Cl3NO4.C19H22N6O5/c21-20(22,23)28-18(25)10-9-17(24)19(26)27-11-16-14-7-3-1-5-12(14)13-6-2-4-8-15(13)16;1-19(2,3)30-18(29)25(12-6-4-10(5-7-12)16(27)28)9-11-8-21-14-13(22-11)15(26)24-17(20)23-14/h1-8,16-17H,9-11,24H2;4-8,13,17H,9,20H2,1-3H3,(H,24,26)(H,27,28). The number of carbonyl (C=O) groups excluding carboxylic acids is 4. The lowest BCUT2D eigenvalue weighted by molar-refractivity contribution is -0.147. The molecule has 0 spiro atoms. The number of alkyl halides is 3. The van der Waals surface area contributed by atoms with Crippen molar-refractivity contribution in [1.29, 1.82) is 0 Å². The van der Waals surface area contributed by atoms with E-state index in [1.165, 1.54) is 35.4 Å². The third kappa shape index (κ3) is 11.6. The molecule has 3 aromatic rings. The van der Waals surface area contributed by atoms with E-state index in [0.717, 1.165) is 22.3 Å². The van der Waals surface area contributed by atoms with Gasteiger partial charge in [-0.1, -0.05) is 48.5 Å². The molecule has 3 atom stereocenters. The summed E-state index contributed by atoms with van der Waals surface area (Å²) < 4.78 is 13.3. The average molecular weight is 857 g/mol. The summed E-state index contributed by atoms with van der Waals surface area (Å²) in [6.45, 7) is 5.31. The van der Waals surface area contributed by atoms with Crippen LogP contribution in [0.3, 0.4) is 0 Å². The van der Waals surface area contributed by atoms with Crippen LogP contribution >= 0.6 is 34.8 Å². The zero-order valence-corrected chi connectivity index (χ0v) is 33.7. The fraction of sp³-hybridized carbons (Fsp3) is 0.333. The van der Waals surface area contributed by atoms with E-state index in [4.69, 9.17) is 60.9 Å². The average Bonchev–Trinajstić information content (AvgIpc) is 3.47. The minimum atomic E-state index is -2.13. The van der Waals surface area contributed by atoms with Crippen LogP contribution in [-0.2, 0) is 28.6 Å². The fourth-order valence-corrected chi connectivity index (χ4v) is 6.29. The highest BCUT2D eigenvalue weighted by molar-refractivity contribution is 6.66. The van der Waals surface area contributed by atoms with Crippen molar-refractivity contribution in [2.24, 2.45) is 26.4 Å². The van der Waals surface area contributed by atoms with Crippen LogP contribution in [0.15, 0.2) is 87.8 Å². The summed E-state index contributed by atoms with van der Waals surface area (Å²) in [4.78, 5) is 73.7. The van der Waals surface area contributed by atoms with Gasteiger partial charge in [-0.3, -0.25) is 30.0 Å². The third-order valence-corrected chi connectivity index (χ3v) is 8.83. The first-order chi connectivity index (χ1) is 27.3. The number of carbonyl (C=O) groups is 5. The highest BCUT2D eigenvalue weighted by Gasteiger charge is 2.34. The number of fused-ring (bicyclic) bond motifs is 4. The number of halogens is 3. The van der Waals surface area contributed by atoms with E-state index in [2.05, 4.69) is 37.2 Å². The van der Waals surface area contributed by atoms with Gasteiger partial charge in [0.15, 0.2) is 18.2 Å². The Bertz CT molecular complexity index is 2100. The molecule has 0 radical (unpaired) electrons. The van der Waals surface area contributed by atoms with Gasteiger partial charge in [0.25, 0.3) is 5.91 Å². The normalized spacial score (nSPS) is 17.4. The second-order valence-corrected chi connectivity index (χ2v) is 16.2. The number of aromatic carboxylic acids is 1. The predicted molar refractivity (Wildman–Crippen MR) is 219 cm³/mol. The summed E-state index contributed by atoms with van der Waals surface area (Å²) in [7, 11) is 0. The van der Waals surface area contributed by atoms with Crippen molar-refractivity contribution in [2.45, 2.75) is 67.5 Å². The number of benzene rings is 3. The van der Waals surface area contributed by atoms with Gasteiger partial charge in [0.1, 0.15) is 18.2 Å². The van der Waals surface area contributed by atoms with Crippen LogP contribution in [0.4, 0.5) is 10.5 Å². The van der Waals surface area contributed by atoms with Gasteiger partial charge < -0.3 is 30.4 Å². The number of amides is 2. The molecule has 16 nitrogen and oxygen atoms in total. The molecule has 3 aliphatic rings. The number of anilines is 1. The number of esters is 2. The Hall–Kier alpha value is -5.39. The van der Waals surface area contributed by atoms with Crippen molar-refractivity contribution in [3.05, 3.63) is 89.5 Å². The van der Waals surface area contributed by atoms with Crippen molar-refractivity contribution in [2.75, 3.05) is 18.1 Å². The van der Waals surface area contributed by atoms with Gasteiger partial charge in [0.05, 0.1) is 24.0 Å². The first kappa shape index (κ1) is 43.7. The number of nitrogens with two attached hydrogens (primary N) is 2. The van der Waals surface area contributed by atoms with Gasteiger partial charge in [-0.25, -0.2) is 19.6 Å². The van der Waals surface area contributed by atoms with E-state index < -0.39 is 57.9 Å². The van der Waals surface area contributed by atoms with Crippen molar-refractivity contribution >= 4 is 88.2 Å². The minimum absolute atomic E-state index is 0.0241. The molecule has 2 aliphatic heterocycles. The van der Waals surface area contributed by atoms with Crippen LogP contribution in [0.1, 0.15) is 61.0 Å². The molecular formula is C39H40Cl3N7O9. The van der Waals surface area contributed by atoms with Crippen LogP contribution in [0, 0.1) is 0 Å². The highest BCUT2D eigenvalue weighted by atomic mass is 35.6. The predicted octanol–water partition coefficient (Wildman–Crippen LogP) is 5.11. The van der Waals surface area contributed by atoms with E-state index in [0.29, 0.717) is 11.4 Å². The first-order valence-electron chi connectivity index (χ1n) is 17.8. The quantitative estimate of drug-likeness (QED) is 0.119. The number of aliphatic imine (C=N–C) groups is 3. The van der Waals surface area contributed by atoms with E-state index >= 15 is 0 Å². The number of amidine groups is 1. The second kappa shape index (κ2) is 18.5. The van der Waals surface area contributed by atoms with Crippen molar-refractivity contribution < 1.29 is 43.3 Å². The molecule has 19 heteroatoms. The fourth-order valence-electron chi connectivity index (χ4n) is 6.04. The Kier molecular flexibility index (Phi) is 13.9. The van der Waals surface area contributed by atoms with Crippen molar-refractivity contribution in [3.63, 3.8) is 0 Å². The van der Waals surface area contributed by atoms with Gasteiger partial charge in [-0.05, 0) is 109 Å². The monoisotopic (exact) mass is 855 g/mol. The lowest BCUT2D eigenvalue weighted by Gasteiger charge is -2.29. The van der Waals surface area contributed by atoms with E-state index in [1.54, 1.807) is 20.8 Å². The SMILES string of the molecule is CC(C)(C)OC(=O)N(CC1=NC2C(=O)NC(N)N=C2N=C1)c1ccc(C(=O)O)cc1.NC(CCC(=O)OC(Cl)(Cl)Cl)C(=O)OCC1c2ccccc2-c2ccccc21. The Morgan fingerprint density at radius 1 is 0.914 bits per heavy atom. The molecule has 3 aromatic carbocycles. The first-order valence-corrected chi connectivity index (χ1v) is 18.9. The number of hydrogen-bond acceptors (Lipinski definition) is 13. The zero-order valence-electron chi connectivity index (χ0n) is 31.4. The summed E-state index contributed by atoms with van der Waals surface area (Å²) in [5, 5.41) is 11.6. The lowest BCUT2D eigenvalue weighted by atomic mass is 9.98. The number of nitrogens with one attached hydrogen (secondary N) is 1. The molecule has 1 aliphatic carbocycles. The lowest BCUT2D eigenvalue weighted by Crippen LogP contribution is -2.53. The highest BCUT2D eigenvalue weighted by Crippen LogP contribution is 2.44. The maximum atomic E-state index is 12.8. The third-order valence-electron chi connectivity index (χ3n) is 8.60. The van der Waals surface area contributed by atoms with Crippen molar-refractivity contribution in [1.82, 2.24) is 5.32 Å². The molecule has 6 rings (SSSR count). The Morgan fingerprint density at radius 2 is 1.52 bits per heavy atom. The molecule has 0 bridgehead atoms. The molecule has 0 fully saturated rings. The number of rotatable bonds is 10. The molecule has 306 valence electrons. The summed E-state index contributed by atoms with van der Waals surface area (Å²) in [6.07, 6.45) is -0.265. The summed E-state index contributed by atoms with van der Waals surface area (Å²) in [6, 6.07) is 19.9. The van der Waals surface area contributed by atoms with Gasteiger partial charge in [-0.2, -0.15) is 0 Å². The minimum Gasteiger partial charge on any atom is -0.478 e. The summed E-state index contributed by atoms with van der Waals surface area (Å²) >= 11 is 16.1. The van der Waals surface area contributed by atoms with Crippen LogP contribution in [0.2, 0.25) is 0 Å². The molecule has 2 amide bonds. The maximum Gasteiger partial charge on any atom is 0.415 e. The van der Waals surface area contributed by atoms with Crippen LogP contribution in [0.5, 0.6) is 0 Å². The topological polar surface area (TPSA) is 238 Å². The van der Waals surface area contributed by atoms with Gasteiger partial charge >= 0.3 is 28.0 Å². The number of carboxylic acid groups (broad SMARTS) is 1. The number of carboxylic acids is 1. The zero-order chi connectivity index (χ0) is 42.4. The Balaban J connectivity index is 0.000000221. The van der Waals surface area contributed by atoms with E-state index in [1.807, 2.05) is 36.4 Å². The maximum absolute atomic E-state index is 12.8. The smallest absolute Gasteiger partial charge is 0.415 e. The van der Waals surface area contributed by atoms with Gasteiger partial charge in [-0.15, -0.1) is 0 Å². The van der Waals surface area contributed by atoms with Crippen LogP contribution < -0.4 is 21.7 Å². The summed E-state index contributed by atoms with van der Waals surface area (Å²) in [5.41, 5.74) is 16.0. The van der Waals surface area contributed by atoms with Crippen LogP contribution in [-0.4, -0.2) is 93.9 Å². The van der Waals surface area contributed by atoms with Crippen molar-refractivity contribution in [3.8, 4) is 11.1 Å². The molecular weight excluding hydrogens is 817 g/mol. The van der Waals surface area contributed by atoms with E-state index in [9.17, 15) is 24.0 Å². The number of hydrogen-bond donors (Lipinski definition) is 4. The Morgan fingerprint density at radius 3 is 2.09 bits per heavy atom. The molecule has 0 saturated carbocycles. The molecule has 6 N–H and O–H groups in total. The summed E-state index contributed by atoms with van der Waals surface area (Å²) in [5.74, 6) is -2.73. The Labute approximate surface area is 348 Å². The number of ether oxygens (including phenoxy) is 3. The second-order valence-electron chi connectivity index (χ2n) is 14.1. The number of nitrogens with zero attached hydrogens (tertiary/aromatic N) is 4. The van der Waals surface area contributed by atoms with Gasteiger partial charge in [0, 0.05) is 18.0 Å². The largest absolute Gasteiger partial charge is 0.478 e. The molecule has 0 aromatic heterocycles. The molecule has 2 heterocycles. The molecule has 0 saturated heterocycles. The molecule has 3 unspecified atom stereocenters. The van der Waals surface area contributed by atoms with E-state index in [-0.39, 0.29) is 43.3 Å².